The van der Waals surface area contributed by atoms with E-state index < -0.39 is 0 Å². The Morgan fingerprint density at radius 2 is 1.91 bits per heavy atom. The van der Waals surface area contributed by atoms with Gasteiger partial charge in [0.25, 0.3) is 0 Å². The van der Waals surface area contributed by atoms with Gasteiger partial charge < -0.3 is 15.6 Å². The maximum Gasteiger partial charge on any atom is 0.240 e. The number of imidazole rings is 1. The average molecular weight is 469 g/mol. The summed E-state index contributed by atoms with van der Waals surface area (Å²) in [6.45, 7) is 6.62. The quantitative estimate of drug-likeness (QED) is 0.291. The Hall–Kier alpha value is -2.32. The van der Waals surface area contributed by atoms with Crippen LogP contribution in [0.5, 0.6) is 0 Å². The monoisotopic (exact) mass is 468 g/mol. The van der Waals surface area contributed by atoms with Crippen LogP contribution in [0.15, 0.2) is 35.4 Å². The van der Waals surface area contributed by atoms with Crippen LogP contribution in [-0.4, -0.2) is 57.0 Å². The van der Waals surface area contributed by atoms with E-state index in [2.05, 4.69) is 40.8 Å². The Kier molecular flexibility index (Phi) is 7.75. The fraction of sp³-hybridized carbons (Fsp3) is 0.560. The number of H-pyrrole nitrogens is 1. The number of hydrogen-bond acceptors (Lipinski definition) is 5. The molecule has 3 heterocycles. The topological polar surface area (TPSA) is 102 Å². The molecule has 3 atom stereocenters. The second-order valence-corrected chi connectivity index (χ2v) is 10.6. The van der Waals surface area contributed by atoms with Gasteiger partial charge >= 0.3 is 0 Å². The van der Waals surface area contributed by atoms with Crippen LogP contribution in [0.25, 0.3) is 0 Å². The van der Waals surface area contributed by atoms with Gasteiger partial charge in [0.15, 0.2) is 11.7 Å². The van der Waals surface area contributed by atoms with E-state index in [9.17, 15) is 4.79 Å². The molecule has 2 aliphatic rings. The highest BCUT2D eigenvalue weighted by molar-refractivity contribution is 8.01. The number of fused-ring (bicyclic) bond motifs is 1. The van der Waals surface area contributed by atoms with Gasteiger partial charge in [-0.1, -0.05) is 25.0 Å². The van der Waals surface area contributed by atoms with Gasteiger partial charge in [-0.05, 0) is 58.2 Å². The van der Waals surface area contributed by atoms with Gasteiger partial charge in [-0.3, -0.25) is 15.1 Å². The molecule has 4 N–H and O–H groups in total. The number of amidine groups is 1. The summed E-state index contributed by atoms with van der Waals surface area (Å²) >= 11 is 1.61. The predicted octanol–water partition coefficient (Wildman–Crippen LogP) is 4.18. The molecule has 1 aromatic heterocycles. The minimum atomic E-state index is -0.213. The first-order valence-electron chi connectivity index (χ1n) is 12.1. The zero-order valence-electron chi connectivity index (χ0n) is 19.7. The van der Waals surface area contributed by atoms with Crippen LogP contribution in [0, 0.1) is 5.41 Å². The van der Waals surface area contributed by atoms with Crippen LogP contribution < -0.4 is 10.6 Å². The second kappa shape index (κ2) is 10.7. The molecule has 0 aliphatic carbocycles. The summed E-state index contributed by atoms with van der Waals surface area (Å²) in [5, 5.41) is 7.32. The van der Waals surface area contributed by atoms with Crippen molar-refractivity contribution in [2.75, 3.05) is 18.0 Å². The number of hydrogen-bond donors (Lipinski definition) is 3. The zero-order chi connectivity index (χ0) is 23.4. The molecule has 3 unspecified atom stereocenters. The Morgan fingerprint density at radius 3 is 2.64 bits per heavy atom. The van der Waals surface area contributed by atoms with Crippen LogP contribution in [-0.2, 0) is 11.2 Å². The number of thioether (sulfide) groups is 1. The standard InChI is InChI=1S/C25H36N6OS/c1-17-9-8-10-18(2)30(17)13-6-3-7-14-31-20-11-4-5-12-21(20)33-22(25(31)32)15-19-16-28-24(29-19)23(26)27/h4-5,11-12,16-18,22H,3,6-10,13-15H2,1-2H3,(H3,26,27)(H,28,29). The Morgan fingerprint density at radius 1 is 1.18 bits per heavy atom. The summed E-state index contributed by atoms with van der Waals surface area (Å²) in [5.41, 5.74) is 7.37. The van der Waals surface area contributed by atoms with E-state index in [1.165, 1.54) is 25.7 Å². The van der Waals surface area contributed by atoms with Crippen molar-refractivity contribution in [3.05, 3.63) is 42.0 Å². The maximum absolute atomic E-state index is 13.4. The molecule has 0 radical (unpaired) electrons. The molecule has 0 saturated carbocycles. The lowest BCUT2D eigenvalue weighted by Gasteiger charge is -2.39. The van der Waals surface area contributed by atoms with Crippen molar-refractivity contribution in [2.24, 2.45) is 5.73 Å². The van der Waals surface area contributed by atoms with Crippen molar-refractivity contribution in [1.82, 2.24) is 14.9 Å². The van der Waals surface area contributed by atoms with Gasteiger partial charge in [0.2, 0.25) is 5.91 Å². The summed E-state index contributed by atoms with van der Waals surface area (Å²) in [5.74, 6) is 0.410. The number of unbranched alkanes of at least 4 members (excludes halogenated alkanes) is 2. The molecule has 1 aromatic carbocycles. The second-order valence-electron chi connectivity index (χ2n) is 9.37. The van der Waals surface area contributed by atoms with Crippen LogP contribution in [0.3, 0.4) is 0 Å². The first-order valence-corrected chi connectivity index (χ1v) is 13.0. The van der Waals surface area contributed by atoms with E-state index in [-0.39, 0.29) is 17.0 Å². The van der Waals surface area contributed by atoms with Gasteiger partial charge in [-0.25, -0.2) is 4.98 Å². The zero-order valence-corrected chi connectivity index (χ0v) is 20.5. The van der Waals surface area contributed by atoms with Gasteiger partial charge in [-0.2, -0.15) is 0 Å². The van der Waals surface area contributed by atoms with E-state index in [1.807, 2.05) is 17.0 Å². The molecule has 2 aromatic rings. The minimum absolute atomic E-state index is 0.0933. The molecule has 1 saturated heterocycles. The number of carbonyl (C=O) groups excluding carboxylic acids is 1. The van der Waals surface area contributed by atoms with Crippen LogP contribution in [0.4, 0.5) is 5.69 Å². The molecular formula is C25H36N6OS. The number of benzene rings is 1. The predicted molar refractivity (Wildman–Crippen MR) is 135 cm³/mol. The van der Waals surface area contributed by atoms with Gasteiger partial charge in [0.05, 0.1) is 10.9 Å². The highest BCUT2D eigenvalue weighted by Crippen LogP contribution is 2.40. The summed E-state index contributed by atoms with van der Waals surface area (Å²) in [7, 11) is 0. The average Bonchev–Trinajstić information content (AvgIpc) is 3.26. The van der Waals surface area contributed by atoms with Crippen LogP contribution >= 0.6 is 11.8 Å². The number of nitrogens with one attached hydrogen (secondary N) is 2. The fourth-order valence-corrected chi connectivity index (χ4v) is 6.35. The highest BCUT2D eigenvalue weighted by Gasteiger charge is 2.33. The lowest BCUT2D eigenvalue weighted by Crippen LogP contribution is -2.44. The molecule has 7 nitrogen and oxygen atoms in total. The van der Waals surface area contributed by atoms with Crippen molar-refractivity contribution in [1.29, 1.82) is 5.41 Å². The van der Waals surface area contributed by atoms with Crippen molar-refractivity contribution in [2.45, 2.75) is 81.0 Å². The third-order valence-electron chi connectivity index (χ3n) is 6.93. The number of likely N-dealkylation sites (tertiary alicyclic amines) is 1. The van der Waals surface area contributed by atoms with Crippen molar-refractivity contribution in [3.8, 4) is 0 Å². The Bertz CT molecular complexity index is 965. The molecular weight excluding hydrogens is 432 g/mol. The largest absolute Gasteiger partial charge is 0.381 e. The number of nitrogen functional groups attached to an aromatic ring is 1. The van der Waals surface area contributed by atoms with E-state index in [0.717, 1.165) is 42.2 Å². The van der Waals surface area contributed by atoms with Crippen molar-refractivity contribution >= 4 is 29.2 Å². The molecule has 2 aliphatic heterocycles. The van der Waals surface area contributed by atoms with Gasteiger partial charge in [0, 0.05) is 41.8 Å². The highest BCUT2D eigenvalue weighted by atomic mass is 32.2. The molecule has 33 heavy (non-hydrogen) atoms. The third kappa shape index (κ3) is 5.61. The van der Waals surface area contributed by atoms with Crippen LogP contribution in [0.2, 0.25) is 0 Å². The molecule has 1 amide bonds. The van der Waals surface area contributed by atoms with E-state index in [4.69, 9.17) is 11.1 Å². The number of nitrogens with zero attached hydrogens (tertiary/aromatic N) is 3. The minimum Gasteiger partial charge on any atom is -0.381 e. The number of para-hydroxylation sites is 1. The number of piperidine rings is 1. The first kappa shape index (κ1) is 23.8. The number of nitrogens with two attached hydrogens (primary N) is 1. The fourth-order valence-electron chi connectivity index (χ4n) is 5.09. The van der Waals surface area contributed by atoms with Crippen LogP contribution in [0.1, 0.15) is 63.9 Å². The summed E-state index contributed by atoms with van der Waals surface area (Å²) in [4.78, 5) is 26.4. The summed E-state index contributed by atoms with van der Waals surface area (Å²) < 4.78 is 0. The first-order chi connectivity index (χ1) is 15.9. The number of amides is 1. The SMILES string of the molecule is CC1CCCC(C)N1CCCCCN1C(=O)C(Cc2cnc(C(=N)N)[nH]2)Sc2ccccc21. The lowest BCUT2D eigenvalue weighted by atomic mass is 9.97. The van der Waals surface area contributed by atoms with Gasteiger partial charge in [-0.15, -0.1) is 11.8 Å². The number of rotatable bonds is 9. The molecule has 8 heteroatoms. The molecule has 178 valence electrons. The Balaban J connectivity index is 1.35. The van der Waals surface area contributed by atoms with E-state index in [1.54, 1.807) is 18.0 Å². The summed E-state index contributed by atoms with van der Waals surface area (Å²) in [6.07, 6.45) is 9.51. The van der Waals surface area contributed by atoms with Crippen molar-refractivity contribution in [3.63, 3.8) is 0 Å². The number of aromatic nitrogens is 2. The molecule has 4 rings (SSSR count). The summed E-state index contributed by atoms with van der Waals surface area (Å²) in [6, 6.07) is 9.56. The normalized spacial score (nSPS) is 23.5. The van der Waals surface area contributed by atoms with E-state index in [0.29, 0.717) is 24.3 Å². The third-order valence-corrected chi connectivity index (χ3v) is 8.18. The maximum atomic E-state index is 13.4. The Labute approximate surface area is 201 Å². The number of anilines is 1. The number of aromatic amines is 1. The molecule has 0 spiro atoms. The van der Waals surface area contributed by atoms with Crippen molar-refractivity contribution < 1.29 is 4.79 Å². The molecule has 0 bridgehead atoms. The number of carbonyl (C=O) groups is 1. The molecule has 1 fully saturated rings. The van der Waals surface area contributed by atoms with Gasteiger partial charge in [0.1, 0.15) is 0 Å². The lowest BCUT2D eigenvalue weighted by molar-refractivity contribution is -0.118. The smallest absolute Gasteiger partial charge is 0.240 e. The van der Waals surface area contributed by atoms with E-state index >= 15 is 0 Å².